The number of nitrogens with one attached hydrogen (secondary N) is 1. The summed E-state index contributed by atoms with van der Waals surface area (Å²) >= 11 is 1.46. The van der Waals surface area contributed by atoms with Crippen LogP contribution in [0.15, 0.2) is 53.5 Å². The molecule has 3 rings (SSSR count). The van der Waals surface area contributed by atoms with Gasteiger partial charge >= 0.3 is 0 Å². The van der Waals surface area contributed by atoms with Crippen LogP contribution in [-0.2, 0) is 0 Å². The molecule has 3 N–H and O–H groups in total. The number of amides is 1. The largest absolute Gasteiger partial charge is 0.396 e. The lowest BCUT2D eigenvalue weighted by molar-refractivity contribution is 0.102. The second kappa shape index (κ2) is 8.40. The Morgan fingerprint density at radius 1 is 1.32 bits per heavy atom. The van der Waals surface area contributed by atoms with E-state index in [1.807, 2.05) is 19.2 Å². The predicted octanol–water partition coefficient (Wildman–Crippen LogP) is 3.34. The lowest BCUT2D eigenvalue weighted by Gasteiger charge is -2.10. The molecule has 0 saturated heterocycles. The first-order valence-electron chi connectivity index (χ1n) is 8.29. The van der Waals surface area contributed by atoms with Gasteiger partial charge in [-0.3, -0.25) is 19.8 Å². The van der Waals surface area contributed by atoms with Gasteiger partial charge in [0.1, 0.15) is 5.69 Å². The van der Waals surface area contributed by atoms with Crippen molar-refractivity contribution in [3.8, 4) is 10.6 Å². The number of nitrogens with two attached hydrogens (primary N) is 1. The molecule has 0 aliphatic carbocycles. The minimum absolute atomic E-state index is 0.260. The van der Waals surface area contributed by atoms with E-state index in [2.05, 4.69) is 32.1 Å². The highest BCUT2D eigenvalue weighted by Gasteiger charge is 2.13. The van der Waals surface area contributed by atoms with Crippen LogP contribution in [0, 0.1) is 0 Å². The molecule has 3 heterocycles. The summed E-state index contributed by atoms with van der Waals surface area (Å²) in [4.78, 5) is 26.1. The van der Waals surface area contributed by atoms with Crippen LogP contribution in [0.25, 0.3) is 16.1 Å². The number of thiazole rings is 1. The van der Waals surface area contributed by atoms with Crippen molar-refractivity contribution in [1.29, 1.82) is 0 Å². The molecule has 0 aliphatic heterocycles. The number of nitrogens with zero attached hydrogens (tertiary/aromatic N) is 5. The van der Waals surface area contributed by atoms with E-state index in [-0.39, 0.29) is 11.5 Å². The van der Waals surface area contributed by atoms with Crippen molar-refractivity contribution in [1.82, 2.24) is 20.0 Å². The number of nitrogen functional groups attached to an aromatic ring is 1. The molecule has 3 aromatic heterocycles. The van der Waals surface area contributed by atoms with Crippen molar-refractivity contribution < 1.29 is 4.79 Å². The summed E-state index contributed by atoms with van der Waals surface area (Å²) in [5.74, 6) is -0.102. The highest BCUT2D eigenvalue weighted by atomic mass is 32.1. The summed E-state index contributed by atoms with van der Waals surface area (Å²) < 4.78 is 0. The summed E-state index contributed by atoms with van der Waals surface area (Å²) in [6.45, 7) is 5.38. The molecule has 0 atom stereocenters. The van der Waals surface area contributed by atoms with Gasteiger partial charge in [-0.2, -0.15) is 5.10 Å². The van der Waals surface area contributed by atoms with E-state index >= 15 is 0 Å². The predicted molar refractivity (Wildman–Crippen MR) is 113 cm³/mol. The van der Waals surface area contributed by atoms with E-state index in [0.717, 1.165) is 16.0 Å². The molecule has 1 amide bonds. The number of hydrogen-bond donors (Lipinski definition) is 2. The van der Waals surface area contributed by atoms with Gasteiger partial charge in [0.25, 0.3) is 5.91 Å². The Balaban J connectivity index is 1.77. The molecule has 0 radical (unpaired) electrons. The zero-order chi connectivity index (χ0) is 20.1. The van der Waals surface area contributed by atoms with E-state index in [4.69, 9.17) is 5.73 Å². The highest BCUT2D eigenvalue weighted by molar-refractivity contribution is 7.13. The Bertz CT molecular complexity index is 1010. The van der Waals surface area contributed by atoms with Crippen LogP contribution >= 0.6 is 11.3 Å². The van der Waals surface area contributed by atoms with E-state index in [1.54, 1.807) is 48.2 Å². The first kappa shape index (κ1) is 19.2. The monoisotopic (exact) mass is 393 g/mol. The lowest BCUT2D eigenvalue weighted by atomic mass is 10.1. The SMILES string of the molecule is C=NN(C)/C=C(\C)c1ccc(C(=O)Nc2nc(-c3cncs3)ccc2N)nc1. The van der Waals surface area contributed by atoms with Crippen molar-refractivity contribution in [3.63, 3.8) is 0 Å². The average Bonchev–Trinajstić information content (AvgIpc) is 3.24. The Morgan fingerprint density at radius 3 is 2.79 bits per heavy atom. The maximum atomic E-state index is 12.5. The molecule has 3 aromatic rings. The van der Waals surface area contributed by atoms with Gasteiger partial charge in [0.15, 0.2) is 5.82 Å². The van der Waals surface area contributed by atoms with Gasteiger partial charge < -0.3 is 11.1 Å². The Kier molecular flexibility index (Phi) is 5.75. The highest BCUT2D eigenvalue weighted by Crippen LogP contribution is 2.26. The molecule has 0 unspecified atom stereocenters. The van der Waals surface area contributed by atoms with Crippen LogP contribution in [0.5, 0.6) is 0 Å². The van der Waals surface area contributed by atoms with Gasteiger partial charge in [0, 0.05) is 32.4 Å². The molecule has 0 aliphatic rings. The topological polar surface area (TPSA) is 109 Å². The van der Waals surface area contributed by atoms with Crippen molar-refractivity contribution in [3.05, 3.63) is 59.6 Å². The van der Waals surface area contributed by atoms with Crippen LogP contribution < -0.4 is 11.1 Å². The number of rotatable bonds is 6. The Labute approximate surface area is 166 Å². The molecule has 0 fully saturated rings. The maximum absolute atomic E-state index is 12.5. The molecule has 28 heavy (non-hydrogen) atoms. The number of hydrazone groups is 1. The van der Waals surface area contributed by atoms with Crippen molar-refractivity contribution in [2.75, 3.05) is 18.1 Å². The number of hydrogen-bond acceptors (Lipinski definition) is 8. The van der Waals surface area contributed by atoms with Gasteiger partial charge in [-0.1, -0.05) is 6.07 Å². The van der Waals surface area contributed by atoms with E-state index in [0.29, 0.717) is 11.4 Å². The fourth-order valence-electron chi connectivity index (χ4n) is 2.38. The Morgan fingerprint density at radius 2 is 2.14 bits per heavy atom. The minimum atomic E-state index is -0.390. The van der Waals surface area contributed by atoms with Crippen LogP contribution in [0.4, 0.5) is 11.5 Å². The van der Waals surface area contributed by atoms with Crippen LogP contribution in [-0.4, -0.2) is 39.6 Å². The third-order valence-corrected chi connectivity index (χ3v) is 4.69. The van der Waals surface area contributed by atoms with E-state index in [1.165, 1.54) is 11.3 Å². The zero-order valence-corrected chi connectivity index (χ0v) is 16.3. The molecular weight excluding hydrogens is 374 g/mol. The van der Waals surface area contributed by atoms with Gasteiger partial charge in [-0.05, 0) is 36.3 Å². The lowest BCUT2D eigenvalue weighted by Crippen LogP contribution is -2.16. The summed E-state index contributed by atoms with van der Waals surface area (Å²) in [5.41, 5.74) is 10.8. The molecular formula is C19H19N7OS. The summed E-state index contributed by atoms with van der Waals surface area (Å²) in [6.07, 6.45) is 5.16. The molecule has 9 heteroatoms. The Hall–Kier alpha value is -3.59. The maximum Gasteiger partial charge on any atom is 0.275 e. The van der Waals surface area contributed by atoms with Gasteiger partial charge in [0.05, 0.1) is 21.8 Å². The van der Waals surface area contributed by atoms with E-state index in [9.17, 15) is 4.79 Å². The fraction of sp³-hybridized carbons (Fsp3) is 0.105. The summed E-state index contributed by atoms with van der Waals surface area (Å²) in [7, 11) is 1.78. The van der Waals surface area contributed by atoms with Crippen LogP contribution in [0.2, 0.25) is 0 Å². The molecule has 142 valence electrons. The van der Waals surface area contributed by atoms with Crippen LogP contribution in [0.3, 0.4) is 0 Å². The third kappa shape index (κ3) is 4.38. The minimum Gasteiger partial charge on any atom is -0.396 e. The third-order valence-electron chi connectivity index (χ3n) is 3.90. The number of aromatic nitrogens is 3. The van der Waals surface area contributed by atoms with Gasteiger partial charge in [-0.25, -0.2) is 4.98 Å². The molecule has 0 saturated carbocycles. The zero-order valence-electron chi connectivity index (χ0n) is 15.5. The number of carbonyl (C=O) groups excluding carboxylic acids is 1. The first-order valence-corrected chi connectivity index (χ1v) is 9.17. The molecule has 0 aromatic carbocycles. The number of carbonyl (C=O) groups is 1. The fourth-order valence-corrected chi connectivity index (χ4v) is 2.97. The van der Waals surface area contributed by atoms with E-state index < -0.39 is 5.91 Å². The summed E-state index contributed by atoms with van der Waals surface area (Å²) in [6, 6.07) is 6.95. The number of allylic oxidation sites excluding steroid dienone is 1. The summed E-state index contributed by atoms with van der Waals surface area (Å²) in [5, 5.41) is 8.10. The van der Waals surface area contributed by atoms with Crippen molar-refractivity contribution >= 4 is 41.0 Å². The molecule has 8 nitrogen and oxygen atoms in total. The second-order valence-corrected chi connectivity index (χ2v) is 6.80. The standard InChI is InChI=1S/C19H19N7OS/c1-12(10-26(3)21-2)13-4-6-16(23-8-13)19(27)25-18-14(20)5-7-15(24-18)17-9-22-11-28-17/h4-11H,2,20H2,1,3H3,(H,24,25,27)/b12-10+. The average molecular weight is 393 g/mol. The van der Waals surface area contributed by atoms with Crippen LogP contribution in [0.1, 0.15) is 23.0 Å². The molecule has 0 spiro atoms. The quantitative estimate of drug-likeness (QED) is 0.491. The van der Waals surface area contributed by atoms with Gasteiger partial charge in [0.2, 0.25) is 0 Å². The first-order chi connectivity index (χ1) is 13.5. The number of pyridine rings is 2. The number of anilines is 2. The van der Waals surface area contributed by atoms with Crippen molar-refractivity contribution in [2.45, 2.75) is 6.92 Å². The van der Waals surface area contributed by atoms with Gasteiger partial charge in [-0.15, -0.1) is 11.3 Å². The van der Waals surface area contributed by atoms with Crippen molar-refractivity contribution in [2.24, 2.45) is 5.10 Å². The molecule has 0 bridgehead atoms. The normalized spacial score (nSPS) is 11.1. The second-order valence-electron chi connectivity index (χ2n) is 5.91. The smallest absolute Gasteiger partial charge is 0.275 e.